The van der Waals surface area contributed by atoms with Gasteiger partial charge in [-0.1, -0.05) is 19.9 Å². The lowest BCUT2D eigenvalue weighted by molar-refractivity contribution is -0.167. The zero-order valence-electron chi connectivity index (χ0n) is 38.1. The number of nitrogens with zero attached hydrogens (tertiary/aromatic N) is 6. The van der Waals surface area contributed by atoms with Crippen LogP contribution in [-0.4, -0.2) is 144 Å². The number of ether oxygens (including phenoxy) is 3. The quantitative estimate of drug-likeness (QED) is 0.181. The molecular formula is C46H66N8O7S. The highest BCUT2D eigenvalue weighted by Crippen LogP contribution is 2.43. The van der Waals surface area contributed by atoms with Crippen LogP contribution < -0.4 is 10.7 Å². The van der Waals surface area contributed by atoms with Crippen molar-refractivity contribution in [3.05, 3.63) is 45.5 Å². The lowest BCUT2D eigenvalue weighted by Gasteiger charge is -2.52. The Labute approximate surface area is 369 Å². The molecule has 1 aliphatic carbocycles. The summed E-state index contributed by atoms with van der Waals surface area (Å²) in [5.41, 5.74) is 9.09. The predicted molar refractivity (Wildman–Crippen MR) is 242 cm³/mol. The number of fused-ring (bicyclic) bond motifs is 3. The first-order valence-electron chi connectivity index (χ1n) is 22.0. The monoisotopic (exact) mass is 874 g/mol. The van der Waals surface area contributed by atoms with Gasteiger partial charge in [-0.2, -0.15) is 0 Å². The highest BCUT2D eigenvalue weighted by molar-refractivity contribution is 7.10. The van der Waals surface area contributed by atoms with Crippen molar-refractivity contribution in [1.29, 1.82) is 0 Å². The van der Waals surface area contributed by atoms with Crippen LogP contribution in [0.1, 0.15) is 84.0 Å². The van der Waals surface area contributed by atoms with Crippen molar-refractivity contribution >= 4 is 52.0 Å². The summed E-state index contributed by atoms with van der Waals surface area (Å²) in [6.45, 7) is 18.5. The van der Waals surface area contributed by atoms with Gasteiger partial charge in [0.05, 0.1) is 35.3 Å². The number of likely N-dealkylation sites (N-methyl/N-ethyl adjacent to an activating group) is 1. The Balaban J connectivity index is 1.24. The van der Waals surface area contributed by atoms with Crippen LogP contribution in [0.15, 0.2) is 34.3 Å². The maximum atomic E-state index is 14.3. The number of rotatable bonds is 14. The van der Waals surface area contributed by atoms with Gasteiger partial charge in [0.1, 0.15) is 17.7 Å². The van der Waals surface area contributed by atoms with Crippen LogP contribution in [0.25, 0.3) is 27.7 Å². The summed E-state index contributed by atoms with van der Waals surface area (Å²) in [6.07, 6.45) is 4.10. The van der Waals surface area contributed by atoms with Gasteiger partial charge in [0.25, 0.3) is 5.91 Å². The van der Waals surface area contributed by atoms with Gasteiger partial charge < -0.3 is 34.1 Å². The van der Waals surface area contributed by atoms with Gasteiger partial charge in [0, 0.05) is 98.6 Å². The summed E-state index contributed by atoms with van der Waals surface area (Å²) in [7, 11) is 5.25. The van der Waals surface area contributed by atoms with E-state index in [1.807, 2.05) is 5.38 Å². The van der Waals surface area contributed by atoms with Crippen molar-refractivity contribution in [2.75, 3.05) is 54.1 Å². The van der Waals surface area contributed by atoms with E-state index in [1.54, 1.807) is 27.9 Å². The average Bonchev–Trinajstić information content (AvgIpc) is 3.82. The summed E-state index contributed by atoms with van der Waals surface area (Å²) in [5.74, 6) is -0.692. The number of hydrogen-bond acceptors (Lipinski definition) is 13. The number of nitrogens with one attached hydrogen (secondary N) is 2. The first kappa shape index (κ1) is 45.8. The number of carbonyl (C=O) groups is 3. The van der Waals surface area contributed by atoms with E-state index >= 15 is 0 Å². The second-order valence-corrected chi connectivity index (χ2v) is 20.1. The van der Waals surface area contributed by atoms with Crippen molar-refractivity contribution in [3.8, 4) is 11.3 Å². The first-order chi connectivity index (χ1) is 29.4. The maximum absolute atomic E-state index is 14.3. The Bertz CT molecular complexity index is 2190. The molecule has 2 amide bonds. The standard InChI is InChI=1S/C46H66N8O7S/c1-11-53-37-13-12-28(20-32(37)34(23-46(6,7)26-55)41(53)33-21-31(24-47-39(33)27(2)59-9)52-16-14-51(8)15-17-52)36-25-62-38(48-36)22-35(49-44(58)61-45(3,4)5)42(56)54-30-18-29(19-30)40(50-54)43(57)60-10/h12-13,20,24-25,27,29-31,35,40,50,55H,11,14-19,21-23,26H2,1-10H3,(H,49,58)/t27-,29?,30?,31+,35-,40?/m0/s1. The SMILES string of the molecule is CCn1c(C2=C([C@H](C)OC)N=C[C@H](N3CCN(C)CC3)C2)c(CC(C)(C)CO)c2cc(-c3csc(C[C@H](NC(=O)OC(C)(C)C)C(=O)N4NC(C(=O)OC)C5CC4C5)n3)ccc21. The smallest absolute Gasteiger partial charge is 0.408 e. The van der Waals surface area contributed by atoms with Crippen molar-refractivity contribution in [3.63, 3.8) is 0 Å². The number of methoxy groups -OCH3 is 2. The van der Waals surface area contributed by atoms with Crippen LogP contribution in [-0.2, 0) is 43.2 Å². The molecule has 4 aliphatic heterocycles. The highest BCUT2D eigenvalue weighted by atomic mass is 32.1. The van der Waals surface area contributed by atoms with E-state index in [0.717, 1.165) is 78.3 Å². The Morgan fingerprint density at radius 2 is 1.81 bits per heavy atom. The largest absolute Gasteiger partial charge is 0.468 e. The summed E-state index contributed by atoms with van der Waals surface area (Å²) in [6, 6.07) is 4.88. The number of hydrazine groups is 1. The fourth-order valence-corrected chi connectivity index (χ4v) is 10.1. The van der Waals surface area contributed by atoms with E-state index < -0.39 is 35.2 Å². The van der Waals surface area contributed by atoms with E-state index in [0.29, 0.717) is 24.3 Å². The van der Waals surface area contributed by atoms with Crippen LogP contribution in [0.4, 0.5) is 4.79 Å². The van der Waals surface area contributed by atoms with E-state index in [9.17, 15) is 19.5 Å². The Kier molecular flexibility index (Phi) is 13.7. The van der Waals surface area contributed by atoms with Crippen LogP contribution in [0.2, 0.25) is 0 Å². The lowest BCUT2D eigenvalue weighted by atomic mass is 9.73. The molecule has 3 saturated heterocycles. The molecule has 62 heavy (non-hydrogen) atoms. The van der Waals surface area contributed by atoms with E-state index in [2.05, 4.69) is 84.3 Å². The minimum Gasteiger partial charge on any atom is -0.468 e. The molecule has 4 atom stereocenters. The zero-order chi connectivity index (χ0) is 44.7. The fraction of sp³-hybridized carbons (Fsp3) is 0.630. The molecule has 8 rings (SSSR count). The van der Waals surface area contributed by atoms with Crippen molar-refractivity contribution < 1.29 is 33.7 Å². The Morgan fingerprint density at radius 3 is 2.45 bits per heavy atom. The normalized spacial score (nSPS) is 23.3. The van der Waals surface area contributed by atoms with Gasteiger partial charge >= 0.3 is 12.1 Å². The molecule has 3 aromatic rings. The molecule has 2 aromatic heterocycles. The van der Waals surface area contributed by atoms with Gasteiger partial charge in [-0.15, -0.1) is 11.3 Å². The third kappa shape index (κ3) is 9.65. The predicted octanol–water partition coefficient (Wildman–Crippen LogP) is 5.29. The van der Waals surface area contributed by atoms with E-state index in [1.165, 1.54) is 29.0 Å². The van der Waals surface area contributed by atoms with Gasteiger partial charge in [-0.05, 0) is 96.4 Å². The number of amides is 2. The minimum atomic E-state index is -1.01. The third-order valence-electron chi connectivity index (χ3n) is 12.9. The van der Waals surface area contributed by atoms with Crippen LogP contribution >= 0.6 is 11.3 Å². The number of alkyl carbamates (subject to hydrolysis) is 1. The topological polar surface area (TPSA) is 163 Å². The van der Waals surface area contributed by atoms with E-state index in [-0.39, 0.29) is 43.0 Å². The molecule has 4 fully saturated rings. The number of piperazine rings is 1. The van der Waals surface area contributed by atoms with Crippen molar-refractivity contribution in [2.45, 2.75) is 123 Å². The number of hydrogen-bond donors (Lipinski definition) is 3. The lowest BCUT2D eigenvalue weighted by Crippen LogP contribution is -2.71. The maximum Gasteiger partial charge on any atom is 0.408 e. The van der Waals surface area contributed by atoms with Gasteiger partial charge in [-0.3, -0.25) is 24.5 Å². The molecule has 16 heteroatoms. The summed E-state index contributed by atoms with van der Waals surface area (Å²) in [4.78, 5) is 55.1. The number of esters is 1. The number of benzene rings is 1. The third-order valence-corrected chi connectivity index (χ3v) is 13.8. The highest BCUT2D eigenvalue weighted by Gasteiger charge is 2.51. The van der Waals surface area contributed by atoms with Gasteiger partial charge in [-0.25, -0.2) is 15.2 Å². The molecule has 0 spiro atoms. The number of thiazole rings is 1. The Hall–Kier alpha value is -4.19. The molecular weight excluding hydrogens is 809 g/mol. The van der Waals surface area contributed by atoms with Crippen LogP contribution in [0.5, 0.6) is 0 Å². The molecule has 15 nitrogen and oxygen atoms in total. The minimum absolute atomic E-state index is 0.0255. The molecule has 0 radical (unpaired) electrons. The number of aryl methyl sites for hydroxylation is 1. The second kappa shape index (κ2) is 18.5. The van der Waals surface area contributed by atoms with Crippen molar-refractivity contribution in [1.82, 2.24) is 35.1 Å². The molecule has 1 unspecified atom stereocenters. The van der Waals surface area contributed by atoms with Gasteiger partial charge in [0.2, 0.25) is 0 Å². The fourth-order valence-electron chi connectivity index (χ4n) is 9.26. The molecule has 1 saturated carbocycles. The molecule has 6 heterocycles. The first-order valence-corrected chi connectivity index (χ1v) is 22.9. The molecule has 5 aliphatic rings. The molecule has 338 valence electrons. The van der Waals surface area contributed by atoms with Crippen LogP contribution in [0, 0.1) is 11.3 Å². The van der Waals surface area contributed by atoms with E-state index in [4.69, 9.17) is 24.2 Å². The summed E-state index contributed by atoms with van der Waals surface area (Å²) < 4.78 is 19.0. The zero-order valence-corrected chi connectivity index (χ0v) is 38.9. The van der Waals surface area contributed by atoms with Crippen molar-refractivity contribution in [2.24, 2.45) is 16.3 Å². The van der Waals surface area contributed by atoms with Gasteiger partial charge in [0.15, 0.2) is 0 Å². The summed E-state index contributed by atoms with van der Waals surface area (Å²) >= 11 is 1.42. The number of aromatic nitrogens is 2. The molecule has 1 aromatic carbocycles. The Morgan fingerprint density at radius 1 is 1.08 bits per heavy atom. The molecule has 3 N–H and O–H groups in total. The number of aliphatic hydroxyl groups excluding tert-OH is 1. The molecule has 2 bridgehead atoms. The van der Waals surface area contributed by atoms with Crippen LogP contribution in [0.3, 0.4) is 0 Å². The number of aliphatic imine (C=N–C) groups is 1. The second-order valence-electron chi connectivity index (χ2n) is 19.2. The number of aliphatic hydroxyl groups is 1. The number of carbonyl (C=O) groups excluding carboxylic acids is 3. The summed E-state index contributed by atoms with van der Waals surface area (Å²) in [5, 5.41) is 18.7. The average molecular weight is 875 g/mol.